The number of ether oxygens (including phenoxy) is 1. The molecule has 8 atom stereocenters. The van der Waals surface area contributed by atoms with Crippen LogP contribution in [0.15, 0.2) is 23.3 Å². The third kappa shape index (κ3) is 3.58. The molecule has 0 aromatic heterocycles. The fourth-order valence-corrected chi connectivity index (χ4v) is 8.54. The van der Waals surface area contributed by atoms with Gasteiger partial charge in [-0.15, -0.1) is 0 Å². The fourth-order valence-electron chi connectivity index (χ4n) is 8.54. The predicted molar refractivity (Wildman–Crippen MR) is 129 cm³/mol. The van der Waals surface area contributed by atoms with E-state index in [1.54, 1.807) is 7.11 Å². The Balaban J connectivity index is 1.58. The topological polar surface area (TPSA) is 43.4 Å². The second-order valence-electron chi connectivity index (χ2n) is 12.1. The summed E-state index contributed by atoms with van der Waals surface area (Å²) < 4.78 is 5.44. The summed E-state index contributed by atoms with van der Waals surface area (Å²) in [6.07, 6.45) is 9.01. The Morgan fingerprint density at radius 2 is 1.88 bits per heavy atom. The maximum atomic E-state index is 13.8. The SMILES string of the molecule is C=C(CC[C@@H](C)[C@H]1CC[C@@H]2C3=C(C(=O)C[C@@]21C)[C@@]1(C)CCC(=O)[C@@H](C)[C@@H]1CC3)[C@@H](C)OC. The number of rotatable bonds is 6. The van der Waals surface area contributed by atoms with Gasteiger partial charge in [0.1, 0.15) is 5.78 Å². The number of Topliss-reactive ketones (excluding diaryl/α,β-unsaturated/α-hetero) is 2. The molecule has 3 heteroatoms. The Morgan fingerprint density at radius 1 is 1.16 bits per heavy atom. The Hall–Kier alpha value is -1.22. The first-order chi connectivity index (χ1) is 15.0. The monoisotopic (exact) mass is 440 g/mol. The van der Waals surface area contributed by atoms with Crippen molar-refractivity contribution in [3.8, 4) is 0 Å². The van der Waals surface area contributed by atoms with Crippen molar-refractivity contribution in [3.63, 3.8) is 0 Å². The summed E-state index contributed by atoms with van der Waals surface area (Å²) in [4.78, 5) is 26.3. The molecule has 2 fully saturated rings. The van der Waals surface area contributed by atoms with Crippen LogP contribution in [0.1, 0.15) is 92.4 Å². The minimum absolute atomic E-state index is 0.0861. The Labute approximate surface area is 195 Å². The molecule has 178 valence electrons. The van der Waals surface area contributed by atoms with Crippen LogP contribution in [0, 0.1) is 40.4 Å². The summed E-state index contributed by atoms with van der Waals surface area (Å²) in [7, 11) is 1.75. The van der Waals surface area contributed by atoms with Crippen molar-refractivity contribution >= 4 is 11.6 Å². The van der Waals surface area contributed by atoms with Crippen LogP contribution in [0.2, 0.25) is 0 Å². The zero-order valence-electron chi connectivity index (χ0n) is 21.3. The number of methoxy groups -OCH3 is 1. The lowest BCUT2D eigenvalue weighted by Crippen LogP contribution is -2.50. The molecule has 4 aliphatic rings. The summed E-state index contributed by atoms with van der Waals surface area (Å²) in [6, 6.07) is 0. The molecule has 0 saturated heterocycles. The van der Waals surface area contributed by atoms with Gasteiger partial charge < -0.3 is 4.74 Å². The van der Waals surface area contributed by atoms with E-state index in [1.165, 1.54) is 29.6 Å². The molecule has 3 nitrogen and oxygen atoms in total. The van der Waals surface area contributed by atoms with Gasteiger partial charge in [0, 0.05) is 31.4 Å². The first-order valence-electron chi connectivity index (χ1n) is 13.0. The van der Waals surface area contributed by atoms with Gasteiger partial charge in [-0.3, -0.25) is 9.59 Å². The van der Waals surface area contributed by atoms with E-state index in [0.717, 1.165) is 32.1 Å². The molecular weight excluding hydrogens is 396 g/mol. The van der Waals surface area contributed by atoms with Crippen molar-refractivity contribution in [2.24, 2.45) is 40.4 Å². The van der Waals surface area contributed by atoms with Gasteiger partial charge in [-0.05, 0) is 91.9 Å². The quantitative estimate of drug-likeness (QED) is 0.431. The van der Waals surface area contributed by atoms with Crippen LogP contribution in [-0.4, -0.2) is 24.8 Å². The lowest BCUT2D eigenvalue weighted by atomic mass is 9.48. The molecule has 0 aliphatic heterocycles. The van der Waals surface area contributed by atoms with Gasteiger partial charge >= 0.3 is 0 Å². The highest BCUT2D eigenvalue weighted by Crippen LogP contribution is 2.65. The van der Waals surface area contributed by atoms with Crippen molar-refractivity contribution in [2.45, 2.75) is 98.5 Å². The highest BCUT2D eigenvalue weighted by molar-refractivity contribution is 6.00. The third-order valence-corrected chi connectivity index (χ3v) is 10.6. The molecule has 0 aromatic rings. The fraction of sp³-hybridized carbons (Fsp3) is 0.793. The van der Waals surface area contributed by atoms with Gasteiger partial charge in [0.2, 0.25) is 0 Å². The van der Waals surface area contributed by atoms with Gasteiger partial charge in [-0.25, -0.2) is 0 Å². The molecule has 0 aromatic carbocycles. The predicted octanol–water partition coefficient (Wildman–Crippen LogP) is 6.71. The van der Waals surface area contributed by atoms with E-state index in [0.29, 0.717) is 48.1 Å². The molecule has 4 rings (SSSR count). The summed E-state index contributed by atoms with van der Waals surface area (Å²) in [5.41, 5.74) is 3.85. The first-order valence-corrected chi connectivity index (χ1v) is 13.0. The Morgan fingerprint density at radius 3 is 2.56 bits per heavy atom. The number of ketones is 2. The van der Waals surface area contributed by atoms with Crippen LogP contribution in [0.4, 0.5) is 0 Å². The molecule has 32 heavy (non-hydrogen) atoms. The molecule has 0 unspecified atom stereocenters. The Bertz CT molecular complexity index is 837. The van der Waals surface area contributed by atoms with Gasteiger partial charge in [-0.2, -0.15) is 0 Å². The van der Waals surface area contributed by atoms with E-state index >= 15 is 0 Å². The van der Waals surface area contributed by atoms with E-state index in [-0.39, 0.29) is 22.9 Å². The normalized spacial score (nSPS) is 41.1. The molecule has 0 spiro atoms. The van der Waals surface area contributed by atoms with E-state index in [9.17, 15) is 9.59 Å². The maximum Gasteiger partial charge on any atom is 0.159 e. The average molecular weight is 441 g/mol. The highest BCUT2D eigenvalue weighted by Gasteiger charge is 2.59. The number of fused-ring (bicyclic) bond motifs is 4. The van der Waals surface area contributed by atoms with Crippen LogP contribution in [0.3, 0.4) is 0 Å². The lowest BCUT2D eigenvalue weighted by Gasteiger charge is -2.54. The number of carbonyl (C=O) groups is 2. The summed E-state index contributed by atoms with van der Waals surface area (Å²) in [5, 5.41) is 0. The van der Waals surface area contributed by atoms with Crippen LogP contribution in [0.5, 0.6) is 0 Å². The van der Waals surface area contributed by atoms with Gasteiger partial charge in [-0.1, -0.05) is 39.8 Å². The molecule has 4 aliphatic carbocycles. The van der Waals surface area contributed by atoms with Gasteiger partial charge in [0.25, 0.3) is 0 Å². The number of hydrogen-bond donors (Lipinski definition) is 0. The smallest absolute Gasteiger partial charge is 0.159 e. The second kappa shape index (κ2) is 8.53. The summed E-state index contributed by atoms with van der Waals surface area (Å²) in [6.45, 7) is 15.5. The van der Waals surface area contributed by atoms with Crippen molar-refractivity contribution < 1.29 is 14.3 Å². The summed E-state index contributed by atoms with van der Waals surface area (Å²) >= 11 is 0. The molecular formula is C29H44O3. The highest BCUT2D eigenvalue weighted by atomic mass is 16.5. The molecule has 2 saturated carbocycles. The Kier molecular flexibility index (Phi) is 6.38. The average Bonchev–Trinajstić information content (AvgIpc) is 3.10. The zero-order valence-corrected chi connectivity index (χ0v) is 21.3. The van der Waals surface area contributed by atoms with E-state index in [4.69, 9.17) is 4.74 Å². The van der Waals surface area contributed by atoms with Gasteiger partial charge in [0.15, 0.2) is 5.78 Å². The van der Waals surface area contributed by atoms with Crippen LogP contribution in [-0.2, 0) is 14.3 Å². The molecule has 0 bridgehead atoms. The number of allylic oxidation sites excluding steroid dienone is 2. The second-order valence-corrected chi connectivity index (χ2v) is 12.1. The van der Waals surface area contributed by atoms with E-state index < -0.39 is 0 Å². The largest absolute Gasteiger partial charge is 0.377 e. The number of carbonyl (C=O) groups excluding carboxylic acids is 2. The van der Waals surface area contributed by atoms with Crippen molar-refractivity contribution in [1.29, 1.82) is 0 Å². The molecule has 0 N–H and O–H groups in total. The standard InChI is InChI=1S/C29H44O3/c1-17(20(4)32-7)8-9-18(2)22-12-13-24-21-10-11-23-19(3)25(30)14-15-28(23,5)27(21)26(31)16-29(22,24)6/h18-20,22-24H,1,8-16H2,2-7H3/t18-,19+,20-,22-,23+,24-,28+,29-/m1/s1. The van der Waals surface area contributed by atoms with Crippen LogP contribution < -0.4 is 0 Å². The van der Waals surface area contributed by atoms with E-state index in [1.807, 2.05) is 0 Å². The van der Waals surface area contributed by atoms with Crippen molar-refractivity contribution in [3.05, 3.63) is 23.3 Å². The van der Waals surface area contributed by atoms with Crippen molar-refractivity contribution in [2.75, 3.05) is 7.11 Å². The minimum Gasteiger partial charge on any atom is -0.377 e. The minimum atomic E-state index is -0.0863. The maximum absolute atomic E-state index is 13.8. The van der Waals surface area contributed by atoms with Crippen LogP contribution >= 0.6 is 0 Å². The first kappa shape index (κ1) is 23.9. The molecule has 0 radical (unpaired) electrons. The number of hydrogen-bond acceptors (Lipinski definition) is 3. The zero-order chi connectivity index (χ0) is 23.4. The van der Waals surface area contributed by atoms with Gasteiger partial charge in [0.05, 0.1) is 6.10 Å². The lowest BCUT2D eigenvalue weighted by molar-refractivity contribution is -0.133. The summed E-state index contributed by atoms with van der Waals surface area (Å²) in [5.74, 6) is 2.99. The van der Waals surface area contributed by atoms with E-state index in [2.05, 4.69) is 41.2 Å². The van der Waals surface area contributed by atoms with Crippen molar-refractivity contribution in [1.82, 2.24) is 0 Å². The molecule has 0 heterocycles. The van der Waals surface area contributed by atoms with Crippen LogP contribution in [0.25, 0.3) is 0 Å². The third-order valence-electron chi connectivity index (χ3n) is 10.6. The molecule has 0 amide bonds.